The molecule has 2 fully saturated rings. The molecule has 5 aromatic rings. The number of tetrazole rings is 1. The number of alkyl halides is 2. The van der Waals surface area contributed by atoms with Crippen molar-refractivity contribution in [3.63, 3.8) is 0 Å². The number of hydrogen-bond donors (Lipinski definition) is 1. The molecule has 3 aromatic heterocycles. The number of carbonyl (C=O) groups excluding carboxylic acids is 2. The molecular formula is C30H27F2N9O3. The minimum atomic E-state index is -2.89. The molecule has 1 atom stereocenters. The molecule has 1 N–H and O–H groups in total. The zero-order valence-corrected chi connectivity index (χ0v) is 23.4. The molecule has 14 heteroatoms. The fraction of sp³-hybridized carbons (Fsp3) is 0.300. The van der Waals surface area contributed by atoms with Gasteiger partial charge in [-0.15, -0.1) is 10.2 Å². The molecule has 0 radical (unpaired) electrons. The van der Waals surface area contributed by atoms with Crippen molar-refractivity contribution in [1.29, 1.82) is 0 Å². The lowest BCUT2D eigenvalue weighted by Gasteiger charge is -2.38. The van der Waals surface area contributed by atoms with Crippen LogP contribution in [-0.4, -0.2) is 78.0 Å². The van der Waals surface area contributed by atoms with Crippen molar-refractivity contribution in [2.75, 3.05) is 31.5 Å². The monoisotopic (exact) mass is 599 g/mol. The van der Waals surface area contributed by atoms with Gasteiger partial charge in [-0.05, 0) is 54.0 Å². The molecule has 1 aliphatic heterocycles. The number of fused-ring (bicyclic) bond motifs is 1. The summed E-state index contributed by atoms with van der Waals surface area (Å²) in [5, 5.41) is 14.3. The van der Waals surface area contributed by atoms with E-state index in [0.29, 0.717) is 59.2 Å². The van der Waals surface area contributed by atoms with Crippen molar-refractivity contribution in [2.24, 2.45) is 5.92 Å². The first kappa shape index (κ1) is 27.7. The zero-order valence-electron chi connectivity index (χ0n) is 23.4. The first-order chi connectivity index (χ1) is 21.4. The summed E-state index contributed by atoms with van der Waals surface area (Å²) in [6.45, 7) is -1.21. The smallest absolute Gasteiger partial charge is 0.350 e. The van der Waals surface area contributed by atoms with Crippen LogP contribution in [0, 0.1) is 5.92 Å². The van der Waals surface area contributed by atoms with Gasteiger partial charge in [-0.2, -0.15) is 8.78 Å². The number of carbonyl (C=O) groups is 2. The average Bonchev–Trinajstić information content (AvgIpc) is 3.64. The Morgan fingerprint density at radius 1 is 0.977 bits per heavy atom. The number of anilines is 1. The third-order valence-electron chi connectivity index (χ3n) is 7.77. The van der Waals surface area contributed by atoms with Crippen molar-refractivity contribution in [2.45, 2.75) is 25.4 Å². The zero-order chi connectivity index (χ0) is 30.2. The molecule has 44 heavy (non-hydrogen) atoms. The Kier molecular flexibility index (Phi) is 7.26. The van der Waals surface area contributed by atoms with Crippen LogP contribution in [0.1, 0.15) is 47.3 Å². The van der Waals surface area contributed by atoms with E-state index >= 15 is 0 Å². The van der Waals surface area contributed by atoms with E-state index in [9.17, 15) is 18.4 Å². The number of benzene rings is 2. The van der Waals surface area contributed by atoms with Crippen LogP contribution in [0.25, 0.3) is 22.6 Å². The van der Waals surface area contributed by atoms with Crippen LogP contribution in [-0.2, 0) is 4.79 Å². The maximum atomic E-state index is 13.5. The van der Waals surface area contributed by atoms with E-state index in [1.807, 2.05) is 30.3 Å². The van der Waals surface area contributed by atoms with Gasteiger partial charge in [0.1, 0.15) is 11.2 Å². The maximum Gasteiger partial charge on any atom is 0.350 e. The van der Waals surface area contributed by atoms with Gasteiger partial charge in [0, 0.05) is 49.5 Å². The van der Waals surface area contributed by atoms with Crippen molar-refractivity contribution in [3.05, 3.63) is 83.9 Å². The van der Waals surface area contributed by atoms with Crippen LogP contribution < -0.4 is 5.32 Å². The molecule has 2 aromatic carbocycles. The number of piperazine rings is 1. The number of nitrogens with zero attached hydrogens (tertiary/aromatic N) is 8. The van der Waals surface area contributed by atoms with Gasteiger partial charge in [0.2, 0.25) is 11.8 Å². The molecular weight excluding hydrogens is 572 g/mol. The van der Waals surface area contributed by atoms with Gasteiger partial charge in [-0.3, -0.25) is 19.5 Å². The van der Waals surface area contributed by atoms with Gasteiger partial charge in [0.05, 0.1) is 6.04 Å². The Bertz CT molecular complexity index is 1810. The standard InChI is InChI=1S/C30H27F2N9O3/c31-30(32)41-37-26(36-38-41)25(18-4-2-1-3-5-18)39-12-14-40(15-13-39)29(43)23-16-20(10-11-33-23)28-35-22-17-21(8-9-24(22)44-28)34-27(42)19-6-7-19/h1-5,8-11,16-17,19,25,30H,6-7,12-15H2,(H,34,42)/t25-/m1/s1. The van der Waals surface area contributed by atoms with E-state index in [4.69, 9.17) is 4.42 Å². The SMILES string of the molecule is O=C(Nc1ccc2oc(-c3ccnc(C(=O)N4CCN([C@H](c5ccccc5)c5nnn(C(F)F)n5)CC4)c3)nc2c1)C1CC1. The molecule has 1 saturated carbocycles. The van der Waals surface area contributed by atoms with E-state index in [1.165, 1.54) is 0 Å². The summed E-state index contributed by atoms with van der Waals surface area (Å²) in [7, 11) is 0. The van der Waals surface area contributed by atoms with E-state index in [1.54, 1.807) is 41.4 Å². The normalized spacial score (nSPS) is 16.4. The van der Waals surface area contributed by atoms with Crippen molar-refractivity contribution < 1.29 is 22.8 Å². The molecule has 0 spiro atoms. The molecule has 224 valence electrons. The molecule has 0 unspecified atom stereocenters. The lowest BCUT2D eigenvalue weighted by Crippen LogP contribution is -2.50. The van der Waals surface area contributed by atoms with Crippen molar-refractivity contribution >= 4 is 28.6 Å². The predicted molar refractivity (Wildman–Crippen MR) is 153 cm³/mol. The van der Waals surface area contributed by atoms with Gasteiger partial charge in [-0.1, -0.05) is 35.1 Å². The van der Waals surface area contributed by atoms with Gasteiger partial charge in [0.15, 0.2) is 11.4 Å². The van der Waals surface area contributed by atoms with E-state index < -0.39 is 12.6 Å². The molecule has 12 nitrogen and oxygen atoms in total. The summed E-state index contributed by atoms with van der Waals surface area (Å²) in [4.78, 5) is 38.6. The van der Waals surface area contributed by atoms with Crippen LogP contribution in [0.4, 0.5) is 14.5 Å². The highest BCUT2D eigenvalue weighted by atomic mass is 19.3. The molecule has 1 aliphatic carbocycles. The minimum absolute atomic E-state index is 0.0120. The lowest BCUT2D eigenvalue weighted by atomic mass is 10.0. The highest BCUT2D eigenvalue weighted by Crippen LogP contribution is 2.32. The summed E-state index contributed by atoms with van der Waals surface area (Å²) in [6, 6.07) is 17.5. The Hall–Kier alpha value is -5.11. The second-order valence-electron chi connectivity index (χ2n) is 10.8. The Balaban J connectivity index is 1.05. The summed E-state index contributed by atoms with van der Waals surface area (Å²) in [6.07, 6.45) is 3.37. The topological polar surface area (TPSA) is 135 Å². The number of hydrogen-bond acceptors (Lipinski definition) is 9. The van der Waals surface area contributed by atoms with Crippen LogP contribution in [0.5, 0.6) is 0 Å². The van der Waals surface area contributed by atoms with Crippen LogP contribution in [0.3, 0.4) is 0 Å². The third-order valence-corrected chi connectivity index (χ3v) is 7.77. The van der Waals surface area contributed by atoms with Gasteiger partial charge in [0.25, 0.3) is 5.91 Å². The second kappa shape index (κ2) is 11.5. The third kappa shape index (κ3) is 5.63. The van der Waals surface area contributed by atoms with Crippen LogP contribution in [0.2, 0.25) is 0 Å². The lowest BCUT2D eigenvalue weighted by molar-refractivity contribution is -0.117. The first-order valence-electron chi connectivity index (χ1n) is 14.3. The van der Waals surface area contributed by atoms with Gasteiger partial charge in [-0.25, -0.2) is 4.98 Å². The fourth-order valence-electron chi connectivity index (χ4n) is 5.33. The van der Waals surface area contributed by atoms with E-state index in [2.05, 4.69) is 35.6 Å². The molecule has 2 aliphatic rings. The minimum Gasteiger partial charge on any atom is -0.436 e. The molecule has 0 bridgehead atoms. The highest BCUT2D eigenvalue weighted by Gasteiger charge is 2.32. The quantitative estimate of drug-likeness (QED) is 0.279. The summed E-state index contributed by atoms with van der Waals surface area (Å²) in [5.74, 6) is 0.360. The number of aromatic nitrogens is 6. The summed E-state index contributed by atoms with van der Waals surface area (Å²) < 4.78 is 32.3. The number of nitrogens with one attached hydrogen (secondary N) is 1. The number of oxazole rings is 1. The average molecular weight is 600 g/mol. The Labute approximate surface area is 249 Å². The highest BCUT2D eigenvalue weighted by molar-refractivity contribution is 5.96. The number of pyridine rings is 1. The van der Waals surface area contributed by atoms with Crippen LogP contribution >= 0.6 is 0 Å². The number of rotatable bonds is 8. The largest absolute Gasteiger partial charge is 0.436 e. The van der Waals surface area contributed by atoms with Gasteiger partial charge >= 0.3 is 6.55 Å². The molecule has 7 rings (SSSR count). The van der Waals surface area contributed by atoms with E-state index in [0.717, 1.165) is 18.4 Å². The maximum absolute atomic E-state index is 13.5. The molecule has 4 heterocycles. The Morgan fingerprint density at radius 3 is 2.50 bits per heavy atom. The second-order valence-corrected chi connectivity index (χ2v) is 10.8. The summed E-state index contributed by atoms with van der Waals surface area (Å²) in [5.41, 5.74) is 3.48. The first-order valence-corrected chi connectivity index (χ1v) is 14.3. The number of halogens is 2. The predicted octanol–water partition coefficient (Wildman–Crippen LogP) is 4.17. The summed E-state index contributed by atoms with van der Waals surface area (Å²) >= 11 is 0. The Morgan fingerprint density at radius 2 is 1.77 bits per heavy atom. The van der Waals surface area contributed by atoms with Crippen molar-refractivity contribution in [3.8, 4) is 11.5 Å². The molecule has 1 saturated heterocycles. The molecule has 2 amide bonds. The van der Waals surface area contributed by atoms with Gasteiger partial charge < -0.3 is 14.6 Å². The number of amides is 2. The van der Waals surface area contributed by atoms with Crippen molar-refractivity contribution in [1.82, 2.24) is 40.0 Å². The van der Waals surface area contributed by atoms with E-state index in [-0.39, 0.29) is 29.3 Å². The fourth-order valence-corrected chi connectivity index (χ4v) is 5.33. The van der Waals surface area contributed by atoms with Crippen LogP contribution in [0.15, 0.2) is 71.3 Å².